The van der Waals surface area contributed by atoms with Crippen LogP contribution in [-0.2, 0) is 0 Å². The second-order valence-corrected chi connectivity index (χ2v) is 5.37. The van der Waals surface area contributed by atoms with E-state index in [4.69, 9.17) is 11.1 Å². The van der Waals surface area contributed by atoms with Crippen molar-refractivity contribution in [2.24, 2.45) is 5.73 Å². The summed E-state index contributed by atoms with van der Waals surface area (Å²) in [4.78, 5) is 5.37. The summed E-state index contributed by atoms with van der Waals surface area (Å²) < 4.78 is 1.04. The Bertz CT molecular complexity index is 540. The highest BCUT2D eigenvalue weighted by Gasteiger charge is 2.01. The van der Waals surface area contributed by atoms with Crippen LogP contribution in [0.3, 0.4) is 0 Å². The van der Waals surface area contributed by atoms with Crippen molar-refractivity contribution in [1.29, 1.82) is 5.41 Å². The van der Waals surface area contributed by atoms with Gasteiger partial charge < -0.3 is 5.73 Å². The normalized spacial score (nSPS) is 10.2. The molecular formula is C12H10BrN3S. The van der Waals surface area contributed by atoms with Crippen molar-refractivity contribution < 1.29 is 0 Å². The molecule has 86 valence electrons. The Morgan fingerprint density at radius 3 is 2.71 bits per heavy atom. The summed E-state index contributed by atoms with van der Waals surface area (Å²) in [5.41, 5.74) is 6.01. The zero-order valence-electron chi connectivity index (χ0n) is 8.85. The second kappa shape index (κ2) is 5.33. The lowest BCUT2D eigenvalue weighted by Crippen LogP contribution is -2.10. The molecule has 0 aliphatic rings. The number of rotatable bonds is 3. The smallest absolute Gasteiger partial charge is 0.124 e. The molecule has 0 spiro atoms. The molecule has 0 atom stereocenters. The average molecular weight is 308 g/mol. The van der Waals surface area contributed by atoms with Gasteiger partial charge in [0.1, 0.15) is 10.9 Å². The molecule has 3 nitrogen and oxygen atoms in total. The third-order valence-corrected chi connectivity index (χ3v) is 3.50. The number of nitrogens with two attached hydrogens (primary N) is 1. The van der Waals surface area contributed by atoms with Crippen LogP contribution >= 0.6 is 27.7 Å². The lowest BCUT2D eigenvalue weighted by Gasteiger charge is -2.02. The van der Waals surface area contributed by atoms with Gasteiger partial charge >= 0.3 is 0 Å². The molecule has 1 aromatic heterocycles. The van der Waals surface area contributed by atoms with Crippen LogP contribution in [0.1, 0.15) is 5.56 Å². The number of nitrogen functional groups attached to an aromatic ring is 1. The van der Waals surface area contributed by atoms with Gasteiger partial charge in [0.25, 0.3) is 0 Å². The number of nitrogens with one attached hydrogen (secondary N) is 1. The highest BCUT2D eigenvalue weighted by Crippen LogP contribution is 2.27. The van der Waals surface area contributed by atoms with E-state index in [1.165, 1.54) is 0 Å². The summed E-state index contributed by atoms with van der Waals surface area (Å²) in [5.74, 6) is 0.0384. The molecule has 1 aromatic carbocycles. The summed E-state index contributed by atoms with van der Waals surface area (Å²) in [7, 11) is 0. The fourth-order valence-corrected chi connectivity index (χ4v) is 2.62. The molecule has 0 aliphatic carbocycles. The van der Waals surface area contributed by atoms with Crippen molar-refractivity contribution in [1.82, 2.24) is 4.98 Å². The molecule has 5 heteroatoms. The minimum absolute atomic E-state index is 0.0384. The first-order valence-electron chi connectivity index (χ1n) is 4.89. The lowest BCUT2D eigenvalue weighted by molar-refractivity contribution is 1.12. The number of halogens is 1. The number of aromatic nitrogens is 1. The van der Waals surface area contributed by atoms with Crippen LogP contribution in [0.5, 0.6) is 0 Å². The number of benzene rings is 1. The predicted octanol–water partition coefficient (Wildman–Crippen LogP) is 3.28. The van der Waals surface area contributed by atoms with Gasteiger partial charge in [-0.15, -0.1) is 0 Å². The molecule has 0 saturated heterocycles. The monoisotopic (exact) mass is 307 g/mol. The largest absolute Gasteiger partial charge is 0.384 e. The van der Waals surface area contributed by atoms with Crippen LogP contribution in [0.15, 0.2) is 57.0 Å². The number of pyridine rings is 1. The van der Waals surface area contributed by atoms with Gasteiger partial charge in [0.15, 0.2) is 0 Å². The van der Waals surface area contributed by atoms with Crippen molar-refractivity contribution in [3.8, 4) is 0 Å². The topological polar surface area (TPSA) is 62.8 Å². The van der Waals surface area contributed by atoms with E-state index in [-0.39, 0.29) is 5.84 Å². The highest BCUT2D eigenvalue weighted by atomic mass is 79.9. The third kappa shape index (κ3) is 3.31. The Balaban J connectivity index is 2.16. The number of nitrogens with zero attached hydrogens (tertiary/aromatic N) is 1. The first-order valence-corrected chi connectivity index (χ1v) is 6.50. The molecule has 0 saturated carbocycles. The maximum atomic E-state index is 7.28. The summed E-state index contributed by atoms with van der Waals surface area (Å²) in [6, 6.07) is 11.7. The van der Waals surface area contributed by atoms with Crippen molar-refractivity contribution >= 4 is 33.5 Å². The Kier molecular flexibility index (Phi) is 3.81. The van der Waals surface area contributed by atoms with Gasteiger partial charge in [-0.3, -0.25) is 5.41 Å². The summed E-state index contributed by atoms with van der Waals surface area (Å²) in [5, 5.41) is 8.16. The molecule has 2 rings (SSSR count). The quantitative estimate of drug-likeness (QED) is 0.675. The summed E-state index contributed by atoms with van der Waals surface area (Å²) in [6.07, 6.45) is 1.61. The van der Waals surface area contributed by atoms with Gasteiger partial charge in [0, 0.05) is 21.1 Å². The minimum Gasteiger partial charge on any atom is -0.384 e. The minimum atomic E-state index is 0.0384. The Morgan fingerprint density at radius 2 is 2.12 bits per heavy atom. The summed E-state index contributed by atoms with van der Waals surface area (Å²) >= 11 is 5.00. The van der Waals surface area contributed by atoms with Crippen LogP contribution in [0.2, 0.25) is 0 Å². The first-order chi connectivity index (χ1) is 8.15. The SMILES string of the molecule is N=C(N)c1ccc(Sc2cccc(Br)c2)nc1. The predicted molar refractivity (Wildman–Crippen MR) is 73.5 cm³/mol. The van der Waals surface area contributed by atoms with E-state index >= 15 is 0 Å². The van der Waals surface area contributed by atoms with Crippen LogP contribution in [0.4, 0.5) is 0 Å². The summed E-state index contributed by atoms with van der Waals surface area (Å²) in [6.45, 7) is 0. The molecular weight excluding hydrogens is 298 g/mol. The van der Waals surface area contributed by atoms with E-state index < -0.39 is 0 Å². The maximum Gasteiger partial charge on any atom is 0.124 e. The van der Waals surface area contributed by atoms with Crippen LogP contribution < -0.4 is 5.73 Å². The van der Waals surface area contributed by atoms with Crippen molar-refractivity contribution in [3.05, 3.63) is 52.6 Å². The van der Waals surface area contributed by atoms with E-state index in [0.717, 1.165) is 14.4 Å². The van der Waals surface area contributed by atoms with E-state index in [1.54, 1.807) is 24.0 Å². The second-order valence-electron chi connectivity index (χ2n) is 3.36. The number of amidine groups is 1. The zero-order chi connectivity index (χ0) is 12.3. The van der Waals surface area contributed by atoms with Crippen LogP contribution in [-0.4, -0.2) is 10.8 Å². The van der Waals surface area contributed by atoms with Gasteiger partial charge in [-0.25, -0.2) is 4.98 Å². The average Bonchev–Trinajstić information content (AvgIpc) is 2.29. The maximum absolute atomic E-state index is 7.28. The fraction of sp³-hybridized carbons (Fsp3) is 0. The molecule has 17 heavy (non-hydrogen) atoms. The van der Waals surface area contributed by atoms with Gasteiger partial charge in [-0.1, -0.05) is 33.8 Å². The molecule has 0 radical (unpaired) electrons. The van der Waals surface area contributed by atoms with E-state index in [1.807, 2.05) is 30.3 Å². The zero-order valence-corrected chi connectivity index (χ0v) is 11.3. The van der Waals surface area contributed by atoms with Gasteiger partial charge in [-0.05, 0) is 30.3 Å². The lowest BCUT2D eigenvalue weighted by atomic mass is 10.3. The molecule has 0 bridgehead atoms. The van der Waals surface area contributed by atoms with E-state index in [0.29, 0.717) is 5.56 Å². The van der Waals surface area contributed by atoms with E-state index in [9.17, 15) is 0 Å². The molecule has 0 aliphatic heterocycles. The fourth-order valence-electron chi connectivity index (χ4n) is 1.25. The van der Waals surface area contributed by atoms with Crippen LogP contribution in [0.25, 0.3) is 0 Å². The standard InChI is InChI=1S/C12H10BrN3S/c13-9-2-1-3-10(6-9)17-11-5-4-8(7-16-11)12(14)15/h1-7H,(H3,14,15). The van der Waals surface area contributed by atoms with Crippen molar-refractivity contribution in [2.75, 3.05) is 0 Å². The number of hydrogen-bond acceptors (Lipinski definition) is 3. The molecule has 0 fully saturated rings. The van der Waals surface area contributed by atoms with Gasteiger partial charge in [0.05, 0.1) is 0 Å². The Morgan fingerprint density at radius 1 is 1.29 bits per heavy atom. The highest BCUT2D eigenvalue weighted by molar-refractivity contribution is 9.10. The van der Waals surface area contributed by atoms with Crippen molar-refractivity contribution in [3.63, 3.8) is 0 Å². The Labute approximate surface area is 112 Å². The molecule has 0 unspecified atom stereocenters. The molecule has 3 N–H and O–H groups in total. The molecule has 2 aromatic rings. The van der Waals surface area contributed by atoms with E-state index in [2.05, 4.69) is 20.9 Å². The Hall–Kier alpha value is -1.33. The van der Waals surface area contributed by atoms with Gasteiger partial charge in [0.2, 0.25) is 0 Å². The van der Waals surface area contributed by atoms with Gasteiger partial charge in [-0.2, -0.15) is 0 Å². The third-order valence-electron chi connectivity index (χ3n) is 2.07. The first kappa shape index (κ1) is 12.1. The van der Waals surface area contributed by atoms with Crippen LogP contribution in [0, 0.1) is 5.41 Å². The molecule has 0 amide bonds. The molecule has 1 heterocycles. The van der Waals surface area contributed by atoms with Crippen molar-refractivity contribution in [2.45, 2.75) is 9.92 Å². The number of hydrogen-bond donors (Lipinski definition) is 2.